The molecule has 0 saturated heterocycles. The molecular weight excluding hydrogens is 184 g/mol. The highest BCUT2D eigenvalue weighted by Gasteiger charge is 2.08. The first kappa shape index (κ1) is 8.96. The lowest BCUT2D eigenvalue weighted by Gasteiger charge is -1.87. The molecule has 0 amide bonds. The van der Waals surface area contributed by atoms with Crippen molar-refractivity contribution < 1.29 is 14.0 Å². The van der Waals surface area contributed by atoms with Crippen LogP contribution in [-0.2, 0) is 6.42 Å². The van der Waals surface area contributed by atoms with Gasteiger partial charge in [-0.3, -0.25) is 0 Å². The van der Waals surface area contributed by atoms with Crippen LogP contribution in [0.2, 0.25) is 0 Å². The monoisotopic (exact) mass is 194 g/mol. The van der Waals surface area contributed by atoms with E-state index in [1.54, 1.807) is 18.6 Å². The van der Waals surface area contributed by atoms with Crippen LogP contribution in [0.1, 0.15) is 12.3 Å². The predicted molar refractivity (Wildman–Crippen MR) is 47.4 cm³/mol. The summed E-state index contributed by atoms with van der Waals surface area (Å²) >= 11 is 0. The molecule has 0 spiro atoms. The summed E-state index contributed by atoms with van der Waals surface area (Å²) in [4.78, 5) is 4.14. The average Bonchev–Trinajstić information content (AvgIpc) is 2.85. The van der Waals surface area contributed by atoms with Gasteiger partial charge in [-0.25, -0.2) is 0 Å². The summed E-state index contributed by atoms with van der Waals surface area (Å²) in [5.41, 5.74) is 0.795. The maximum Gasteiger partial charge on any atom is 0.227 e. The molecule has 0 bridgehead atoms. The number of hydrogen-bond donors (Lipinski definition) is 1. The fraction of sp³-hybridized carbons (Fsp3) is 0.333. The van der Waals surface area contributed by atoms with Gasteiger partial charge in [0.2, 0.25) is 11.7 Å². The van der Waals surface area contributed by atoms with E-state index in [1.807, 2.05) is 0 Å². The van der Waals surface area contributed by atoms with Gasteiger partial charge in [-0.2, -0.15) is 4.98 Å². The Bertz CT molecular complexity index is 380. The van der Waals surface area contributed by atoms with Gasteiger partial charge >= 0.3 is 0 Å². The Hall–Kier alpha value is -1.62. The van der Waals surface area contributed by atoms with Crippen molar-refractivity contribution in [2.75, 3.05) is 6.61 Å². The minimum absolute atomic E-state index is 0.128. The molecule has 2 aromatic rings. The molecule has 5 heteroatoms. The molecule has 0 fully saturated rings. The lowest BCUT2D eigenvalue weighted by Crippen LogP contribution is -1.89. The second kappa shape index (κ2) is 4.06. The van der Waals surface area contributed by atoms with E-state index in [0.717, 1.165) is 5.56 Å². The summed E-state index contributed by atoms with van der Waals surface area (Å²) in [6.07, 6.45) is 4.34. The summed E-state index contributed by atoms with van der Waals surface area (Å²) in [6, 6.07) is 1.76. The van der Waals surface area contributed by atoms with Crippen molar-refractivity contribution in [2.24, 2.45) is 0 Å². The van der Waals surface area contributed by atoms with Crippen LogP contribution in [0.4, 0.5) is 0 Å². The zero-order valence-corrected chi connectivity index (χ0v) is 7.51. The quantitative estimate of drug-likeness (QED) is 0.793. The molecule has 0 radical (unpaired) electrons. The molecule has 2 aromatic heterocycles. The second-order valence-corrected chi connectivity index (χ2v) is 2.85. The van der Waals surface area contributed by atoms with Gasteiger partial charge in [0.25, 0.3) is 0 Å². The molecule has 74 valence electrons. The summed E-state index contributed by atoms with van der Waals surface area (Å²) < 4.78 is 9.87. The Morgan fingerprint density at radius 1 is 1.43 bits per heavy atom. The molecule has 0 saturated carbocycles. The van der Waals surface area contributed by atoms with Crippen molar-refractivity contribution >= 4 is 0 Å². The molecule has 1 N–H and O–H groups in total. The molecule has 0 aliphatic carbocycles. The Morgan fingerprint density at radius 2 is 2.36 bits per heavy atom. The maximum atomic E-state index is 8.61. The van der Waals surface area contributed by atoms with Gasteiger partial charge in [0.15, 0.2) is 0 Å². The van der Waals surface area contributed by atoms with Crippen LogP contribution in [-0.4, -0.2) is 21.9 Å². The topological polar surface area (TPSA) is 72.3 Å². The van der Waals surface area contributed by atoms with E-state index in [2.05, 4.69) is 10.1 Å². The van der Waals surface area contributed by atoms with E-state index in [0.29, 0.717) is 24.6 Å². The summed E-state index contributed by atoms with van der Waals surface area (Å²) in [5, 5.41) is 12.4. The molecule has 2 heterocycles. The number of aromatic nitrogens is 2. The van der Waals surface area contributed by atoms with Gasteiger partial charge in [-0.1, -0.05) is 5.16 Å². The highest BCUT2D eigenvalue weighted by Crippen LogP contribution is 2.15. The van der Waals surface area contributed by atoms with Gasteiger partial charge < -0.3 is 14.0 Å². The SMILES string of the molecule is OCCCc1nc(-c2ccoc2)no1. The highest BCUT2D eigenvalue weighted by molar-refractivity contribution is 5.51. The molecule has 2 rings (SSSR count). The lowest BCUT2D eigenvalue weighted by atomic mass is 10.3. The van der Waals surface area contributed by atoms with Crippen LogP contribution in [0.25, 0.3) is 11.4 Å². The third kappa shape index (κ3) is 1.82. The number of furan rings is 1. The van der Waals surface area contributed by atoms with Gasteiger partial charge in [-0.05, 0) is 12.5 Å². The Labute approximate surface area is 80.4 Å². The van der Waals surface area contributed by atoms with E-state index < -0.39 is 0 Å². The molecule has 0 unspecified atom stereocenters. The normalized spacial score (nSPS) is 10.6. The van der Waals surface area contributed by atoms with Crippen LogP contribution in [0.3, 0.4) is 0 Å². The van der Waals surface area contributed by atoms with Crippen LogP contribution < -0.4 is 0 Å². The first-order valence-electron chi connectivity index (χ1n) is 4.36. The molecule has 0 aromatic carbocycles. The van der Waals surface area contributed by atoms with Gasteiger partial charge in [0.1, 0.15) is 6.26 Å². The van der Waals surface area contributed by atoms with E-state index in [4.69, 9.17) is 14.0 Å². The summed E-state index contributed by atoms with van der Waals surface area (Å²) in [7, 11) is 0. The zero-order chi connectivity index (χ0) is 9.80. The molecule has 0 aliphatic heterocycles. The van der Waals surface area contributed by atoms with Crippen molar-refractivity contribution in [3.63, 3.8) is 0 Å². The first-order chi connectivity index (χ1) is 6.90. The Kier molecular flexibility index (Phi) is 2.60. The molecule has 0 atom stereocenters. The van der Waals surface area contributed by atoms with Crippen molar-refractivity contribution in [1.82, 2.24) is 10.1 Å². The van der Waals surface area contributed by atoms with E-state index in [-0.39, 0.29) is 6.61 Å². The third-order valence-electron chi connectivity index (χ3n) is 1.80. The number of rotatable bonds is 4. The Morgan fingerprint density at radius 3 is 3.07 bits per heavy atom. The fourth-order valence-corrected chi connectivity index (χ4v) is 1.10. The third-order valence-corrected chi connectivity index (χ3v) is 1.80. The van der Waals surface area contributed by atoms with E-state index in [1.165, 1.54) is 0 Å². The number of aliphatic hydroxyl groups is 1. The smallest absolute Gasteiger partial charge is 0.227 e. The standard InChI is InChI=1S/C9H10N2O3/c12-4-1-2-8-10-9(11-14-8)7-3-5-13-6-7/h3,5-6,12H,1-2,4H2. The zero-order valence-electron chi connectivity index (χ0n) is 7.51. The van der Waals surface area contributed by atoms with Crippen molar-refractivity contribution in [3.05, 3.63) is 24.5 Å². The van der Waals surface area contributed by atoms with E-state index in [9.17, 15) is 0 Å². The molecule has 14 heavy (non-hydrogen) atoms. The van der Waals surface area contributed by atoms with Gasteiger partial charge in [0, 0.05) is 13.0 Å². The average molecular weight is 194 g/mol. The Balaban J connectivity index is 2.10. The number of aryl methyl sites for hydroxylation is 1. The van der Waals surface area contributed by atoms with E-state index >= 15 is 0 Å². The number of aliphatic hydroxyl groups excluding tert-OH is 1. The van der Waals surface area contributed by atoms with Crippen molar-refractivity contribution in [1.29, 1.82) is 0 Å². The highest BCUT2D eigenvalue weighted by atomic mass is 16.5. The second-order valence-electron chi connectivity index (χ2n) is 2.85. The van der Waals surface area contributed by atoms with Gasteiger partial charge in [-0.15, -0.1) is 0 Å². The minimum Gasteiger partial charge on any atom is -0.472 e. The summed E-state index contributed by atoms with van der Waals surface area (Å²) in [5.74, 6) is 1.06. The fourth-order valence-electron chi connectivity index (χ4n) is 1.10. The maximum absolute atomic E-state index is 8.61. The number of hydrogen-bond acceptors (Lipinski definition) is 5. The predicted octanol–water partition coefficient (Wildman–Crippen LogP) is 1.25. The summed E-state index contributed by atoms with van der Waals surface area (Å²) in [6.45, 7) is 0.128. The van der Waals surface area contributed by atoms with Crippen molar-refractivity contribution in [3.8, 4) is 11.4 Å². The first-order valence-corrected chi connectivity index (χ1v) is 4.36. The van der Waals surface area contributed by atoms with Gasteiger partial charge in [0.05, 0.1) is 11.8 Å². The largest absolute Gasteiger partial charge is 0.472 e. The molecule has 0 aliphatic rings. The lowest BCUT2D eigenvalue weighted by molar-refractivity contribution is 0.278. The minimum atomic E-state index is 0.128. The van der Waals surface area contributed by atoms with Crippen molar-refractivity contribution in [2.45, 2.75) is 12.8 Å². The van der Waals surface area contributed by atoms with Crippen LogP contribution >= 0.6 is 0 Å². The van der Waals surface area contributed by atoms with Crippen LogP contribution in [0, 0.1) is 0 Å². The van der Waals surface area contributed by atoms with Crippen LogP contribution in [0.5, 0.6) is 0 Å². The molecule has 5 nitrogen and oxygen atoms in total. The number of nitrogens with zero attached hydrogens (tertiary/aromatic N) is 2. The van der Waals surface area contributed by atoms with Crippen LogP contribution in [0.15, 0.2) is 27.5 Å². The molecular formula is C9H10N2O3.